The molecule has 1 aromatic carbocycles. The number of rotatable bonds is 3. The van der Waals surface area contributed by atoms with E-state index in [1.807, 2.05) is 31.2 Å². The fourth-order valence-corrected chi connectivity index (χ4v) is 1.58. The summed E-state index contributed by atoms with van der Waals surface area (Å²) >= 11 is 0. The molecule has 0 aliphatic carbocycles. The lowest BCUT2D eigenvalue weighted by atomic mass is 10.1. The molecule has 0 radical (unpaired) electrons. The summed E-state index contributed by atoms with van der Waals surface area (Å²) < 4.78 is 10.6. The monoisotopic (exact) mass is 200 g/mol. The maximum absolute atomic E-state index is 10.6. The zero-order chi connectivity index (χ0) is 9.90. The molecule has 2 N–H and O–H groups in total. The first-order chi connectivity index (χ1) is 5.97. The summed E-state index contributed by atoms with van der Waals surface area (Å²) in [5, 5.41) is 0. The minimum atomic E-state index is -3.84. The Morgan fingerprint density at radius 1 is 1.23 bits per heavy atom. The molecule has 3 nitrogen and oxygen atoms in total. The number of hydrogen-bond donors (Lipinski definition) is 2. The van der Waals surface area contributed by atoms with Gasteiger partial charge in [-0.25, -0.2) is 0 Å². The first-order valence-corrected chi connectivity index (χ1v) is 5.87. The zero-order valence-electron chi connectivity index (χ0n) is 7.47. The van der Waals surface area contributed by atoms with Crippen molar-refractivity contribution in [1.82, 2.24) is 0 Å². The average Bonchev–Trinajstić information content (AvgIpc) is 2.02. The summed E-state index contributed by atoms with van der Waals surface area (Å²) in [5.74, 6) is 0. The second-order valence-electron chi connectivity index (χ2n) is 3.12. The van der Waals surface area contributed by atoms with Crippen LogP contribution in [0.4, 0.5) is 0 Å². The SMILES string of the molecule is Cc1ccc(CCP(=O)(O)O)cc1. The van der Waals surface area contributed by atoms with Gasteiger partial charge in [0.15, 0.2) is 0 Å². The highest BCUT2D eigenvalue weighted by molar-refractivity contribution is 7.51. The van der Waals surface area contributed by atoms with E-state index < -0.39 is 7.60 Å². The lowest BCUT2D eigenvalue weighted by Crippen LogP contribution is -1.93. The van der Waals surface area contributed by atoms with E-state index in [9.17, 15) is 4.57 Å². The molecule has 4 heteroatoms. The van der Waals surface area contributed by atoms with Crippen LogP contribution in [0, 0.1) is 6.92 Å². The lowest BCUT2D eigenvalue weighted by Gasteiger charge is -2.03. The summed E-state index contributed by atoms with van der Waals surface area (Å²) in [4.78, 5) is 17.3. The fraction of sp³-hybridized carbons (Fsp3) is 0.333. The van der Waals surface area contributed by atoms with Gasteiger partial charge in [-0.1, -0.05) is 29.8 Å². The molecule has 0 spiro atoms. The van der Waals surface area contributed by atoms with Gasteiger partial charge in [0.1, 0.15) is 0 Å². The first-order valence-electron chi connectivity index (χ1n) is 4.07. The van der Waals surface area contributed by atoms with Crippen molar-refractivity contribution < 1.29 is 14.4 Å². The Morgan fingerprint density at radius 2 is 1.77 bits per heavy atom. The minimum Gasteiger partial charge on any atom is -0.324 e. The smallest absolute Gasteiger partial charge is 0.324 e. The Balaban J connectivity index is 2.56. The lowest BCUT2D eigenvalue weighted by molar-refractivity contribution is 0.373. The van der Waals surface area contributed by atoms with Gasteiger partial charge in [0.05, 0.1) is 6.16 Å². The van der Waals surface area contributed by atoms with Gasteiger partial charge in [0.2, 0.25) is 0 Å². The third-order valence-corrected chi connectivity index (χ3v) is 2.62. The molecule has 0 atom stereocenters. The van der Waals surface area contributed by atoms with Gasteiger partial charge in [-0.2, -0.15) is 0 Å². The van der Waals surface area contributed by atoms with Crippen LogP contribution in [0.15, 0.2) is 24.3 Å². The van der Waals surface area contributed by atoms with Gasteiger partial charge in [0.25, 0.3) is 0 Å². The molecule has 0 saturated heterocycles. The highest BCUT2D eigenvalue weighted by atomic mass is 31.2. The van der Waals surface area contributed by atoms with Crippen LogP contribution in [-0.4, -0.2) is 15.9 Å². The zero-order valence-corrected chi connectivity index (χ0v) is 8.37. The molecule has 0 unspecified atom stereocenters. The van der Waals surface area contributed by atoms with E-state index in [4.69, 9.17) is 9.79 Å². The van der Waals surface area contributed by atoms with Crippen molar-refractivity contribution in [3.05, 3.63) is 35.4 Å². The molecule has 0 amide bonds. The summed E-state index contributed by atoms with van der Waals surface area (Å²) in [6.45, 7) is 1.98. The van der Waals surface area contributed by atoms with Crippen molar-refractivity contribution >= 4 is 7.60 Å². The molecule has 72 valence electrons. The second kappa shape index (κ2) is 4.05. The van der Waals surface area contributed by atoms with Gasteiger partial charge in [-0.15, -0.1) is 0 Å². The number of hydrogen-bond acceptors (Lipinski definition) is 1. The van der Waals surface area contributed by atoms with Crippen molar-refractivity contribution in [2.75, 3.05) is 6.16 Å². The standard InChI is InChI=1S/C9H13O3P/c1-8-2-4-9(5-3-8)6-7-13(10,11)12/h2-5H,6-7H2,1H3,(H2,10,11,12). The van der Waals surface area contributed by atoms with Crippen molar-refractivity contribution in [3.63, 3.8) is 0 Å². The van der Waals surface area contributed by atoms with Gasteiger partial charge < -0.3 is 9.79 Å². The van der Waals surface area contributed by atoms with Crippen molar-refractivity contribution in [2.45, 2.75) is 13.3 Å². The van der Waals surface area contributed by atoms with Crippen LogP contribution in [0.25, 0.3) is 0 Å². The van der Waals surface area contributed by atoms with Gasteiger partial charge in [0, 0.05) is 0 Å². The third-order valence-electron chi connectivity index (χ3n) is 1.81. The molecule has 0 aliphatic rings. The number of benzene rings is 1. The van der Waals surface area contributed by atoms with Crippen LogP contribution in [0.1, 0.15) is 11.1 Å². The van der Waals surface area contributed by atoms with E-state index in [-0.39, 0.29) is 6.16 Å². The molecule has 1 aromatic rings. The van der Waals surface area contributed by atoms with Gasteiger partial charge in [-0.05, 0) is 18.9 Å². The Morgan fingerprint density at radius 3 is 2.23 bits per heavy atom. The molecule has 0 bridgehead atoms. The fourth-order valence-electron chi connectivity index (χ4n) is 1.03. The van der Waals surface area contributed by atoms with Crippen LogP contribution >= 0.6 is 7.60 Å². The number of aryl methyl sites for hydroxylation is 2. The highest BCUT2D eigenvalue weighted by Gasteiger charge is 2.11. The summed E-state index contributed by atoms with van der Waals surface area (Å²) in [5.41, 5.74) is 2.12. The second-order valence-corrected chi connectivity index (χ2v) is 4.90. The molecule has 0 saturated carbocycles. The predicted octanol–water partition coefficient (Wildman–Crippen LogP) is 1.72. The topological polar surface area (TPSA) is 57.5 Å². The first kappa shape index (κ1) is 10.5. The van der Waals surface area contributed by atoms with E-state index in [1.54, 1.807) is 0 Å². The molecular weight excluding hydrogens is 187 g/mol. The summed E-state index contributed by atoms with van der Waals surface area (Å²) in [7, 11) is -3.84. The minimum absolute atomic E-state index is 0.0734. The molecule has 1 rings (SSSR count). The molecule has 13 heavy (non-hydrogen) atoms. The van der Waals surface area contributed by atoms with Crippen LogP contribution in [0.2, 0.25) is 0 Å². The van der Waals surface area contributed by atoms with E-state index in [0.717, 1.165) is 11.1 Å². The van der Waals surface area contributed by atoms with Crippen LogP contribution in [0.3, 0.4) is 0 Å². The maximum Gasteiger partial charge on any atom is 0.325 e. The van der Waals surface area contributed by atoms with Crippen molar-refractivity contribution in [3.8, 4) is 0 Å². The Labute approximate surface area is 77.6 Å². The van der Waals surface area contributed by atoms with E-state index >= 15 is 0 Å². The van der Waals surface area contributed by atoms with Crippen LogP contribution in [0.5, 0.6) is 0 Å². The summed E-state index contributed by atoms with van der Waals surface area (Å²) in [6, 6.07) is 7.67. The molecule has 0 heterocycles. The maximum atomic E-state index is 10.6. The Bertz CT molecular complexity index is 312. The van der Waals surface area contributed by atoms with E-state index in [0.29, 0.717) is 6.42 Å². The Kier molecular flexibility index (Phi) is 3.26. The van der Waals surface area contributed by atoms with Crippen molar-refractivity contribution in [2.24, 2.45) is 0 Å². The third kappa shape index (κ3) is 4.23. The average molecular weight is 200 g/mol. The molecule has 0 aliphatic heterocycles. The molecule has 0 aromatic heterocycles. The van der Waals surface area contributed by atoms with Gasteiger partial charge in [-0.3, -0.25) is 4.57 Å². The normalized spacial score (nSPS) is 11.6. The Hall–Kier alpha value is -0.630. The van der Waals surface area contributed by atoms with Crippen molar-refractivity contribution in [1.29, 1.82) is 0 Å². The molecule has 0 fully saturated rings. The predicted molar refractivity (Wildman–Crippen MR) is 51.8 cm³/mol. The van der Waals surface area contributed by atoms with Crippen LogP contribution < -0.4 is 0 Å². The van der Waals surface area contributed by atoms with E-state index in [2.05, 4.69) is 0 Å². The van der Waals surface area contributed by atoms with Crippen LogP contribution in [-0.2, 0) is 11.0 Å². The largest absolute Gasteiger partial charge is 0.325 e. The molecular formula is C9H13O3P. The van der Waals surface area contributed by atoms with Gasteiger partial charge >= 0.3 is 7.60 Å². The quantitative estimate of drug-likeness (QED) is 0.730. The highest BCUT2D eigenvalue weighted by Crippen LogP contribution is 2.34. The summed E-state index contributed by atoms with van der Waals surface area (Å²) in [6.07, 6.45) is 0.362. The van der Waals surface area contributed by atoms with E-state index in [1.165, 1.54) is 0 Å².